The van der Waals surface area contributed by atoms with Crippen molar-refractivity contribution < 1.29 is 4.42 Å². The molecule has 0 aliphatic carbocycles. The third kappa shape index (κ3) is 3.18. The number of oxazole rings is 1. The number of rotatable bonds is 4. The maximum absolute atomic E-state index is 6.33. The molecule has 1 aromatic carbocycles. The average Bonchev–Trinajstić information content (AvgIpc) is 3.10. The summed E-state index contributed by atoms with van der Waals surface area (Å²) in [6.07, 6.45) is 5.18. The first kappa shape index (κ1) is 19.3. The van der Waals surface area contributed by atoms with Crippen molar-refractivity contribution in [3.05, 3.63) is 45.8 Å². The molecule has 0 radical (unpaired) electrons. The van der Waals surface area contributed by atoms with Crippen LogP contribution < -0.4 is 0 Å². The van der Waals surface area contributed by atoms with Gasteiger partial charge >= 0.3 is 0 Å². The third-order valence-electron chi connectivity index (χ3n) is 6.43. The van der Waals surface area contributed by atoms with E-state index >= 15 is 0 Å². The molecule has 1 aliphatic heterocycles. The summed E-state index contributed by atoms with van der Waals surface area (Å²) >= 11 is 0. The number of hydrogen-bond donors (Lipinski definition) is 0. The zero-order valence-electron chi connectivity index (χ0n) is 18.2. The molecular formula is C24H33N3O. The molecule has 3 heterocycles. The van der Waals surface area contributed by atoms with Gasteiger partial charge in [0.15, 0.2) is 0 Å². The van der Waals surface area contributed by atoms with Crippen LogP contribution in [0.15, 0.2) is 16.5 Å². The molecule has 28 heavy (non-hydrogen) atoms. The van der Waals surface area contributed by atoms with Gasteiger partial charge in [-0.25, -0.2) is 0 Å². The van der Waals surface area contributed by atoms with Gasteiger partial charge in [-0.15, -0.1) is 0 Å². The Hall–Kier alpha value is -2.07. The second-order valence-electron chi connectivity index (χ2n) is 8.59. The molecule has 0 saturated carbocycles. The highest BCUT2D eigenvalue weighted by molar-refractivity contribution is 5.73. The van der Waals surface area contributed by atoms with Crippen LogP contribution in [0.5, 0.6) is 0 Å². The van der Waals surface area contributed by atoms with E-state index in [1.165, 1.54) is 60.0 Å². The molecule has 1 atom stereocenters. The quantitative estimate of drug-likeness (QED) is 0.566. The second-order valence-corrected chi connectivity index (χ2v) is 8.59. The summed E-state index contributed by atoms with van der Waals surface area (Å²) in [5.41, 5.74) is 9.46. The minimum atomic E-state index is 0.681. The molecule has 0 amide bonds. The lowest BCUT2D eigenvalue weighted by Crippen LogP contribution is -2.38. The molecule has 0 N–H and O–H groups in total. The highest BCUT2D eigenvalue weighted by atomic mass is 16.4. The predicted molar refractivity (Wildman–Crippen MR) is 115 cm³/mol. The van der Waals surface area contributed by atoms with Gasteiger partial charge in [0.05, 0.1) is 11.3 Å². The number of benzene rings is 1. The third-order valence-corrected chi connectivity index (χ3v) is 6.43. The summed E-state index contributed by atoms with van der Waals surface area (Å²) in [6, 6.07) is 5.18. The number of aryl methyl sites for hydroxylation is 5. The van der Waals surface area contributed by atoms with Crippen LogP contribution in [0.3, 0.4) is 0 Å². The Morgan fingerprint density at radius 2 is 1.79 bits per heavy atom. The Morgan fingerprint density at radius 1 is 1.07 bits per heavy atom. The Morgan fingerprint density at radius 3 is 2.46 bits per heavy atom. The van der Waals surface area contributed by atoms with Crippen molar-refractivity contribution in [2.45, 2.75) is 79.8 Å². The maximum Gasteiger partial charge on any atom is 0.227 e. The van der Waals surface area contributed by atoms with Crippen LogP contribution in [-0.2, 0) is 6.54 Å². The monoisotopic (exact) mass is 379 g/mol. The SMILES string of the molecule is CCC1CCCCN1Cc1c(C)nn2c(-c3c(C)cc(C)cc3C)c(C)oc12. The van der Waals surface area contributed by atoms with Crippen molar-refractivity contribution in [1.82, 2.24) is 14.5 Å². The largest absolute Gasteiger partial charge is 0.441 e. The van der Waals surface area contributed by atoms with Crippen molar-refractivity contribution in [1.29, 1.82) is 0 Å². The Bertz CT molecular complexity index is 988. The summed E-state index contributed by atoms with van der Waals surface area (Å²) in [5, 5.41) is 4.93. The predicted octanol–water partition coefficient (Wildman–Crippen LogP) is 5.90. The molecule has 1 aliphatic rings. The molecule has 2 aromatic heterocycles. The number of hydrogen-bond acceptors (Lipinski definition) is 3. The van der Waals surface area contributed by atoms with Crippen LogP contribution in [-0.4, -0.2) is 27.1 Å². The standard InChI is InChI=1S/C24H33N3O/c1-7-20-10-8-9-11-26(20)14-21-18(5)25-27-23(19(6)28-24(21)27)22-16(3)12-15(2)13-17(22)4/h12-13,20H,7-11,14H2,1-6H3. The summed E-state index contributed by atoms with van der Waals surface area (Å²) < 4.78 is 8.38. The van der Waals surface area contributed by atoms with Gasteiger partial charge in [0.25, 0.3) is 0 Å². The first-order valence-corrected chi connectivity index (χ1v) is 10.7. The molecule has 0 bridgehead atoms. The molecule has 4 nitrogen and oxygen atoms in total. The Kier molecular flexibility index (Phi) is 5.09. The molecule has 0 spiro atoms. The highest BCUT2D eigenvalue weighted by Crippen LogP contribution is 2.35. The highest BCUT2D eigenvalue weighted by Gasteiger charge is 2.26. The fourth-order valence-electron chi connectivity index (χ4n) is 5.09. The van der Waals surface area contributed by atoms with Crippen LogP contribution in [0.1, 0.15) is 66.3 Å². The van der Waals surface area contributed by atoms with Crippen LogP contribution in [0.25, 0.3) is 17.0 Å². The summed E-state index contributed by atoms with van der Waals surface area (Å²) in [5.74, 6) is 0.949. The van der Waals surface area contributed by atoms with Gasteiger partial charge in [-0.2, -0.15) is 9.61 Å². The van der Waals surface area contributed by atoms with Gasteiger partial charge in [-0.3, -0.25) is 4.90 Å². The molecule has 1 fully saturated rings. The van der Waals surface area contributed by atoms with E-state index in [1.54, 1.807) is 0 Å². The van der Waals surface area contributed by atoms with E-state index in [1.807, 2.05) is 0 Å². The van der Waals surface area contributed by atoms with Crippen LogP contribution >= 0.6 is 0 Å². The zero-order valence-corrected chi connectivity index (χ0v) is 18.2. The number of fused-ring (bicyclic) bond motifs is 1. The molecule has 1 saturated heterocycles. The minimum Gasteiger partial charge on any atom is -0.441 e. The van der Waals surface area contributed by atoms with Crippen LogP contribution in [0.4, 0.5) is 0 Å². The van der Waals surface area contributed by atoms with Crippen molar-refractivity contribution in [3.8, 4) is 11.3 Å². The first-order valence-electron chi connectivity index (χ1n) is 10.7. The van der Waals surface area contributed by atoms with Crippen LogP contribution in [0.2, 0.25) is 0 Å². The fourth-order valence-corrected chi connectivity index (χ4v) is 5.09. The second kappa shape index (κ2) is 7.40. The van der Waals surface area contributed by atoms with E-state index in [4.69, 9.17) is 9.52 Å². The molecule has 4 rings (SSSR count). The smallest absolute Gasteiger partial charge is 0.227 e. The molecular weight excluding hydrogens is 346 g/mol. The van der Waals surface area contributed by atoms with Gasteiger partial charge in [0, 0.05) is 18.2 Å². The molecule has 4 heteroatoms. The number of nitrogens with zero attached hydrogens (tertiary/aromatic N) is 3. The maximum atomic E-state index is 6.33. The first-order chi connectivity index (χ1) is 13.4. The lowest BCUT2D eigenvalue weighted by Gasteiger charge is -2.34. The fraction of sp³-hybridized carbons (Fsp3) is 0.542. The minimum absolute atomic E-state index is 0.681. The van der Waals surface area contributed by atoms with Gasteiger partial charge in [-0.05, 0) is 71.6 Å². The van der Waals surface area contributed by atoms with Crippen molar-refractivity contribution in [3.63, 3.8) is 0 Å². The van der Waals surface area contributed by atoms with Crippen LogP contribution in [0, 0.1) is 34.6 Å². The Labute approximate surface area is 168 Å². The number of likely N-dealkylation sites (tertiary alicyclic amines) is 1. The van der Waals surface area contributed by atoms with Gasteiger partial charge in [0.2, 0.25) is 5.71 Å². The average molecular weight is 380 g/mol. The Balaban J connectivity index is 1.81. The normalized spacial score (nSPS) is 18.3. The molecule has 1 unspecified atom stereocenters. The van der Waals surface area contributed by atoms with E-state index in [0.29, 0.717) is 6.04 Å². The van der Waals surface area contributed by atoms with E-state index in [9.17, 15) is 0 Å². The van der Waals surface area contributed by atoms with E-state index in [-0.39, 0.29) is 0 Å². The number of piperidine rings is 1. The van der Waals surface area contributed by atoms with Crippen molar-refractivity contribution in [2.24, 2.45) is 0 Å². The van der Waals surface area contributed by atoms with Gasteiger partial charge in [-0.1, -0.05) is 31.0 Å². The van der Waals surface area contributed by atoms with Gasteiger partial charge < -0.3 is 4.42 Å². The van der Waals surface area contributed by atoms with Gasteiger partial charge in [0.1, 0.15) is 11.5 Å². The van der Waals surface area contributed by atoms with E-state index < -0.39 is 0 Å². The molecule has 150 valence electrons. The molecule has 3 aromatic rings. The lowest BCUT2D eigenvalue weighted by molar-refractivity contribution is 0.136. The summed E-state index contributed by atoms with van der Waals surface area (Å²) in [6.45, 7) is 15.1. The number of aromatic nitrogens is 2. The van der Waals surface area contributed by atoms with Crippen molar-refractivity contribution >= 4 is 5.71 Å². The van der Waals surface area contributed by atoms with Crippen molar-refractivity contribution in [2.75, 3.05) is 6.54 Å². The van der Waals surface area contributed by atoms with E-state index in [0.717, 1.165) is 29.4 Å². The van der Waals surface area contributed by atoms with E-state index in [2.05, 4.69) is 63.1 Å². The topological polar surface area (TPSA) is 33.7 Å². The lowest BCUT2D eigenvalue weighted by atomic mass is 9.97. The summed E-state index contributed by atoms with van der Waals surface area (Å²) in [7, 11) is 0. The summed E-state index contributed by atoms with van der Waals surface area (Å²) in [4.78, 5) is 2.63. The zero-order chi connectivity index (χ0) is 20.0.